The van der Waals surface area contributed by atoms with Crippen LogP contribution in [0.4, 0.5) is 0 Å². The fourth-order valence-corrected chi connectivity index (χ4v) is 5.28. The van der Waals surface area contributed by atoms with Crippen LogP contribution in [-0.2, 0) is 21.6 Å². The van der Waals surface area contributed by atoms with Gasteiger partial charge in [-0.2, -0.15) is 4.98 Å². The van der Waals surface area contributed by atoms with Gasteiger partial charge in [-0.05, 0) is 37.8 Å². The Kier molecular flexibility index (Phi) is 5.43. The predicted molar refractivity (Wildman–Crippen MR) is 125 cm³/mol. The van der Waals surface area contributed by atoms with Crippen molar-refractivity contribution in [2.45, 2.75) is 37.8 Å². The number of fused-ring (bicyclic) bond motifs is 3. The topological polar surface area (TPSA) is 99.9 Å². The maximum absolute atomic E-state index is 13.8. The molecule has 1 aliphatic heterocycles. The summed E-state index contributed by atoms with van der Waals surface area (Å²) < 4.78 is 20.5. The molecule has 1 saturated carbocycles. The number of methoxy groups -OCH3 is 1. The van der Waals surface area contributed by atoms with E-state index < -0.39 is 5.60 Å². The summed E-state index contributed by atoms with van der Waals surface area (Å²) in [6, 6.07) is 7.89. The first-order valence-corrected chi connectivity index (χ1v) is 11.9. The number of hydrogen-bond donors (Lipinski definition) is 0. The Balaban J connectivity index is 1.45. The molecule has 1 saturated heterocycles. The summed E-state index contributed by atoms with van der Waals surface area (Å²) in [5.74, 6) is 0.769. The van der Waals surface area contributed by atoms with Gasteiger partial charge in [-0.15, -0.1) is 0 Å². The number of ether oxygens (including phenoxy) is 2. The van der Waals surface area contributed by atoms with E-state index in [4.69, 9.17) is 14.0 Å². The zero-order chi connectivity index (χ0) is 23.1. The summed E-state index contributed by atoms with van der Waals surface area (Å²) in [5.41, 5.74) is 1.96. The molecule has 6 rings (SSSR count). The molecule has 10 heteroatoms. The maximum atomic E-state index is 13.8. The monoisotopic (exact) mass is 464 g/mol. The smallest absolute Gasteiger partial charge is 0.279 e. The van der Waals surface area contributed by atoms with E-state index in [9.17, 15) is 4.79 Å². The van der Waals surface area contributed by atoms with Crippen molar-refractivity contribution in [2.24, 2.45) is 0 Å². The van der Waals surface area contributed by atoms with Crippen LogP contribution in [0, 0.1) is 0 Å². The molecule has 4 aromatic rings. The van der Waals surface area contributed by atoms with Crippen LogP contribution in [0.2, 0.25) is 0 Å². The van der Waals surface area contributed by atoms with Crippen molar-refractivity contribution in [3.8, 4) is 11.6 Å². The lowest BCUT2D eigenvalue weighted by Gasteiger charge is -2.27. The number of benzene rings is 1. The number of nitrogens with zero attached hydrogens (tertiary/aromatic N) is 6. The van der Waals surface area contributed by atoms with E-state index in [2.05, 4.69) is 20.0 Å². The zero-order valence-electron chi connectivity index (χ0n) is 19.3. The highest BCUT2D eigenvalue weighted by Crippen LogP contribution is 2.40. The summed E-state index contributed by atoms with van der Waals surface area (Å²) in [4.78, 5) is 25.3. The van der Waals surface area contributed by atoms with Crippen molar-refractivity contribution in [1.82, 2.24) is 29.0 Å². The molecule has 3 aromatic heterocycles. The van der Waals surface area contributed by atoms with Gasteiger partial charge in [0.2, 0.25) is 5.82 Å². The second-order valence-corrected chi connectivity index (χ2v) is 9.04. The summed E-state index contributed by atoms with van der Waals surface area (Å²) in [6.45, 7) is 4.54. The third kappa shape index (κ3) is 3.44. The van der Waals surface area contributed by atoms with Crippen molar-refractivity contribution in [3.63, 3.8) is 0 Å². The maximum Gasteiger partial charge on any atom is 0.279 e. The van der Waals surface area contributed by atoms with Crippen LogP contribution in [0.1, 0.15) is 31.5 Å². The van der Waals surface area contributed by atoms with Crippen molar-refractivity contribution in [3.05, 3.63) is 46.8 Å². The molecule has 178 valence electrons. The lowest BCUT2D eigenvalue weighted by atomic mass is 10.0. The van der Waals surface area contributed by atoms with Gasteiger partial charge in [0.05, 0.1) is 24.2 Å². The molecule has 1 aliphatic carbocycles. The zero-order valence-corrected chi connectivity index (χ0v) is 19.3. The summed E-state index contributed by atoms with van der Waals surface area (Å²) in [5, 5.41) is 4.23. The molecule has 2 aliphatic rings. The molecule has 0 N–H and O–H groups in total. The van der Waals surface area contributed by atoms with Gasteiger partial charge in [-0.3, -0.25) is 14.1 Å². The lowest BCUT2D eigenvalue weighted by Crippen LogP contribution is -2.39. The van der Waals surface area contributed by atoms with Crippen LogP contribution in [0.15, 0.2) is 39.9 Å². The van der Waals surface area contributed by atoms with Crippen LogP contribution in [0.25, 0.3) is 28.1 Å². The van der Waals surface area contributed by atoms with Gasteiger partial charge >= 0.3 is 0 Å². The lowest BCUT2D eigenvalue weighted by molar-refractivity contribution is -0.0178. The molecule has 34 heavy (non-hydrogen) atoms. The normalized spacial score (nSPS) is 18.9. The van der Waals surface area contributed by atoms with Crippen LogP contribution >= 0.6 is 0 Å². The van der Waals surface area contributed by atoms with Gasteiger partial charge in [0.1, 0.15) is 17.4 Å². The highest BCUT2D eigenvalue weighted by Gasteiger charge is 2.40. The van der Waals surface area contributed by atoms with Gasteiger partial charge in [0.15, 0.2) is 5.69 Å². The first-order valence-electron chi connectivity index (χ1n) is 11.9. The van der Waals surface area contributed by atoms with Crippen LogP contribution in [-0.4, -0.2) is 69.0 Å². The average Bonchev–Trinajstić information content (AvgIpc) is 3.64. The minimum Gasteiger partial charge on any atom is -0.379 e. The van der Waals surface area contributed by atoms with Crippen molar-refractivity contribution in [2.75, 3.05) is 40.0 Å². The molecule has 4 heterocycles. The Morgan fingerprint density at radius 1 is 1.09 bits per heavy atom. The Morgan fingerprint density at radius 2 is 1.85 bits per heavy atom. The van der Waals surface area contributed by atoms with E-state index in [-0.39, 0.29) is 11.4 Å². The molecule has 10 nitrogen and oxygen atoms in total. The van der Waals surface area contributed by atoms with Gasteiger partial charge in [-0.25, -0.2) is 4.98 Å². The van der Waals surface area contributed by atoms with Crippen LogP contribution in [0.5, 0.6) is 0 Å². The molecule has 0 spiro atoms. The van der Waals surface area contributed by atoms with E-state index in [0.717, 1.165) is 69.6 Å². The molecule has 1 aromatic carbocycles. The standard InChI is InChI=1S/C24H28N6O4/c1-32-24(8-4-5-9-24)23-26-21(34-27-23)19-20-22(31)29(11-10-28-12-14-33-15-13-28)17-6-2-3-7-18(17)30(20)16-25-19/h2-3,6-7,16H,4-5,8-15H2,1H3. The molecular formula is C24H28N6O4. The van der Waals surface area contributed by atoms with Crippen molar-refractivity contribution < 1.29 is 14.0 Å². The Morgan fingerprint density at radius 3 is 2.62 bits per heavy atom. The van der Waals surface area contributed by atoms with E-state index in [1.165, 1.54) is 0 Å². The molecule has 0 unspecified atom stereocenters. The molecule has 0 atom stereocenters. The Hall–Kier alpha value is -3.08. The third-order valence-corrected chi connectivity index (χ3v) is 7.23. The van der Waals surface area contributed by atoms with Crippen LogP contribution < -0.4 is 5.56 Å². The fourth-order valence-electron chi connectivity index (χ4n) is 5.28. The van der Waals surface area contributed by atoms with Gasteiger partial charge in [0.25, 0.3) is 11.4 Å². The number of rotatable bonds is 6. The van der Waals surface area contributed by atoms with Gasteiger partial charge in [-0.1, -0.05) is 17.3 Å². The highest BCUT2D eigenvalue weighted by molar-refractivity contribution is 5.83. The highest BCUT2D eigenvalue weighted by atomic mass is 16.5. The Labute approximate surface area is 196 Å². The van der Waals surface area contributed by atoms with Gasteiger partial charge in [0, 0.05) is 33.3 Å². The average molecular weight is 465 g/mol. The largest absolute Gasteiger partial charge is 0.379 e. The van der Waals surface area contributed by atoms with Crippen LogP contribution in [0.3, 0.4) is 0 Å². The molecule has 0 amide bonds. The Bertz CT molecular complexity index is 1380. The molecule has 0 radical (unpaired) electrons. The van der Waals surface area contributed by atoms with Gasteiger partial charge < -0.3 is 18.6 Å². The quantitative estimate of drug-likeness (QED) is 0.429. The summed E-state index contributed by atoms with van der Waals surface area (Å²) in [7, 11) is 1.69. The summed E-state index contributed by atoms with van der Waals surface area (Å²) in [6.07, 6.45) is 5.49. The number of aromatic nitrogens is 5. The SMILES string of the molecule is COC1(c2noc(-c3ncn4c3c(=O)n(CCN3CCOCC3)c3ccccc34)n2)CCCC1. The second kappa shape index (κ2) is 8.61. The minimum atomic E-state index is -0.525. The van der Waals surface area contributed by atoms with E-state index in [0.29, 0.717) is 23.6 Å². The number of para-hydroxylation sites is 2. The van der Waals surface area contributed by atoms with E-state index in [1.807, 2.05) is 33.2 Å². The first-order chi connectivity index (χ1) is 16.7. The second-order valence-electron chi connectivity index (χ2n) is 9.04. The molecule has 2 fully saturated rings. The molecular weight excluding hydrogens is 436 g/mol. The third-order valence-electron chi connectivity index (χ3n) is 7.23. The number of morpholine rings is 1. The van der Waals surface area contributed by atoms with E-state index >= 15 is 0 Å². The molecule has 0 bridgehead atoms. The number of hydrogen-bond acceptors (Lipinski definition) is 8. The number of imidazole rings is 1. The first kappa shape index (κ1) is 21.5. The van der Waals surface area contributed by atoms with Crippen molar-refractivity contribution in [1.29, 1.82) is 0 Å². The minimum absolute atomic E-state index is 0.124. The predicted octanol–water partition coefficient (Wildman–Crippen LogP) is 2.45. The fraction of sp³-hybridized carbons (Fsp3) is 0.500. The van der Waals surface area contributed by atoms with E-state index in [1.54, 1.807) is 13.4 Å². The van der Waals surface area contributed by atoms with Crippen molar-refractivity contribution >= 4 is 16.6 Å². The summed E-state index contributed by atoms with van der Waals surface area (Å²) >= 11 is 0.